The van der Waals surface area contributed by atoms with Gasteiger partial charge in [-0.2, -0.15) is 8.42 Å². The number of benzene rings is 3. The van der Waals surface area contributed by atoms with Gasteiger partial charge in [-0.25, -0.2) is 9.69 Å². The number of anilines is 1. The van der Waals surface area contributed by atoms with Crippen LogP contribution in [0.4, 0.5) is 10.5 Å². The summed E-state index contributed by atoms with van der Waals surface area (Å²) in [5, 5.41) is 2.15. The minimum absolute atomic E-state index is 0.0488. The van der Waals surface area contributed by atoms with Crippen LogP contribution >= 0.6 is 15.9 Å². The van der Waals surface area contributed by atoms with Gasteiger partial charge in [0.15, 0.2) is 0 Å². The summed E-state index contributed by atoms with van der Waals surface area (Å²) >= 11 is 3.31. The summed E-state index contributed by atoms with van der Waals surface area (Å²) in [5.41, 5.74) is 1.77. The quantitative estimate of drug-likeness (QED) is 0.282. The number of imide groups is 2. The molecule has 35 heavy (non-hydrogen) atoms. The van der Waals surface area contributed by atoms with Crippen molar-refractivity contribution in [3.05, 3.63) is 93.5 Å². The standard InChI is InChI=1S/C25H19BrN2O6S/c1-15-6-9-20(10-7-15)35(32,33)34-22-11-8-18(26)13-17(22)14-21-23(29)27-25(31)28(24(21)30)19-5-3-4-16(2)12-19/h3-14H,1-2H3,(H,27,29,31)/b21-14+. The fraction of sp³-hybridized carbons (Fsp3) is 0.0800. The smallest absolute Gasteiger partial charge is 0.339 e. The molecule has 4 rings (SSSR count). The predicted molar refractivity (Wildman–Crippen MR) is 133 cm³/mol. The summed E-state index contributed by atoms with van der Waals surface area (Å²) in [6.07, 6.45) is 1.19. The van der Waals surface area contributed by atoms with Crippen molar-refractivity contribution in [2.45, 2.75) is 18.7 Å². The number of rotatable bonds is 5. The van der Waals surface area contributed by atoms with E-state index in [2.05, 4.69) is 21.2 Å². The number of urea groups is 1. The third-order valence-corrected chi connectivity index (χ3v) is 6.88. The fourth-order valence-electron chi connectivity index (χ4n) is 3.39. The van der Waals surface area contributed by atoms with E-state index in [9.17, 15) is 22.8 Å². The zero-order valence-corrected chi connectivity index (χ0v) is 21.0. The molecular weight excluding hydrogens is 536 g/mol. The molecule has 0 unspecified atom stereocenters. The van der Waals surface area contributed by atoms with Gasteiger partial charge in [0.05, 0.1) is 5.69 Å². The second-order valence-electron chi connectivity index (χ2n) is 7.83. The number of carbonyl (C=O) groups is 3. The van der Waals surface area contributed by atoms with Gasteiger partial charge in [0, 0.05) is 10.0 Å². The van der Waals surface area contributed by atoms with E-state index in [0.717, 1.165) is 16.0 Å². The lowest BCUT2D eigenvalue weighted by Crippen LogP contribution is -2.54. The molecule has 1 aliphatic rings. The molecule has 0 radical (unpaired) electrons. The van der Waals surface area contributed by atoms with Crippen LogP contribution in [0.15, 0.2) is 81.7 Å². The van der Waals surface area contributed by atoms with Gasteiger partial charge in [-0.05, 0) is 68.0 Å². The van der Waals surface area contributed by atoms with Gasteiger partial charge in [0.2, 0.25) is 0 Å². The maximum Gasteiger partial charge on any atom is 0.339 e. The summed E-state index contributed by atoms with van der Waals surface area (Å²) in [7, 11) is -4.20. The zero-order valence-electron chi connectivity index (χ0n) is 18.6. The maximum atomic E-state index is 13.2. The van der Waals surface area contributed by atoms with Crippen LogP contribution in [0.25, 0.3) is 6.08 Å². The molecule has 0 aliphatic carbocycles. The van der Waals surface area contributed by atoms with E-state index >= 15 is 0 Å². The Balaban J connectivity index is 1.75. The van der Waals surface area contributed by atoms with Crippen LogP contribution in [0, 0.1) is 13.8 Å². The summed E-state index contributed by atoms with van der Waals surface area (Å²) in [6.45, 7) is 3.63. The average molecular weight is 555 g/mol. The molecule has 1 aliphatic heterocycles. The second-order valence-corrected chi connectivity index (χ2v) is 10.3. The number of halogens is 1. The van der Waals surface area contributed by atoms with Crippen molar-refractivity contribution in [3.8, 4) is 5.75 Å². The number of nitrogens with one attached hydrogen (secondary N) is 1. The lowest BCUT2D eigenvalue weighted by molar-refractivity contribution is -0.122. The number of carbonyl (C=O) groups excluding carboxylic acids is 3. The Kier molecular flexibility index (Phi) is 6.60. The van der Waals surface area contributed by atoms with E-state index in [4.69, 9.17) is 4.18 Å². The molecule has 4 amide bonds. The van der Waals surface area contributed by atoms with Gasteiger partial charge in [0.25, 0.3) is 11.8 Å². The number of barbiturate groups is 1. The molecule has 0 atom stereocenters. The Morgan fingerprint density at radius 1 is 0.914 bits per heavy atom. The topological polar surface area (TPSA) is 110 Å². The lowest BCUT2D eigenvalue weighted by atomic mass is 10.1. The Bertz CT molecular complexity index is 1500. The molecule has 10 heteroatoms. The van der Waals surface area contributed by atoms with Crippen LogP contribution in [0.2, 0.25) is 0 Å². The van der Waals surface area contributed by atoms with Crippen molar-refractivity contribution < 1.29 is 27.0 Å². The van der Waals surface area contributed by atoms with Crippen LogP contribution in [0.1, 0.15) is 16.7 Å². The first kappa shape index (κ1) is 24.4. The van der Waals surface area contributed by atoms with Gasteiger partial charge < -0.3 is 4.18 Å². The Morgan fingerprint density at radius 2 is 1.63 bits per heavy atom. The van der Waals surface area contributed by atoms with Gasteiger partial charge in [-0.3, -0.25) is 14.9 Å². The third-order valence-electron chi connectivity index (χ3n) is 5.14. The van der Waals surface area contributed by atoms with Gasteiger partial charge >= 0.3 is 16.1 Å². The molecule has 1 N–H and O–H groups in total. The van der Waals surface area contributed by atoms with E-state index in [1.54, 1.807) is 49.4 Å². The van der Waals surface area contributed by atoms with E-state index in [0.29, 0.717) is 10.2 Å². The first-order valence-corrected chi connectivity index (χ1v) is 12.5. The number of nitrogens with zero attached hydrogens (tertiary/aromatic N) is 1. The second kappa shape index (κ2) is 9.47. The van der Waals surface area contributed by atoms with Crippen LogP contribution in [-0.4, -0.2) is 26.3 Å². The Labute approximate surface area is 210 Å². The van der Waals surface area contributed by atoms with Crippen LogP contribution in [-0.2, 0) is 19.7 Å². The molecule has 0 saturated carbocycles. The molecule has 3 aromatic carbocycles. The minimum Gasteiger partial charge on any atom is -0.378 e. The Morgan fingerprint density at radius 3 is 2.31 bits per heavy atom. The molecular formula is C25H19BrN2O6S. The molecule has 1 saturated heterocycles. The van der Waals surface area contributed by atoms with Crippen LogP contribution < -0.4 is 14.4 Å². The monoisotopic (exact) mass is 554 g/mol. The minimum atomic E-state index is -4.20. The van der Waals surface area contributed by atoms with Crippen LogP contribution in [0.3, 0.4) is 0 Å². The van der Waals surface area contributed by atoms with E-state index < -0.39 is 28.0 Å². The van der Waals surface area contributed by atoms with Gasteiger partial charge in [-0.1, -0.05) is 45.8 Å². The molecule has 178 valence electrons. The number of hydrogen-bond acceptors (Lipinski definition) is 6. The van der Waals surface area contributed by atoms with Crippen molar-refractivity contribution in [2.24, 2.45) is 0 Å². The highest BCUT2D eigenvalue weighted by Gasteiger charge is 2.37. The van der Waals surface area contributed by atoms with Crippen LogP contribution in [0.5, 0.6) is 5.75 Å². The molecule has 3 aromatic rings. The summed E-state index contributed by atoms with van der Waals surface area (Å²) in [5.74, 6) is -1.85. The van der Waals surface area contributed by atoms with Crippen molar-refractivity contribution in [2.75, 3.05) is 4.90 Å². The normalized spacial score (nSPS) is 15.3. The fourth-order valence-corrected chi connectivity index (χ4v) is 4.73. The van der Waals surface area contributed by atoms with Gasteiger partial charge in [0.1, 0.15) is 16.2 Å². The van der Waals surface area contributed by atoms with Gasteiger partial charge in [-0.15, -0.1) is 0 Å². The van der Waals surface area contributed by atoms with E-state index in [-0.39, 0.29) is 21.8 Å². The molecule has 1 heterocycles. The van der Waals surface area contributed by atoms with Crippen molar-refractivity contribution >= 4 is 55.7 Å². The average Bonchev–Trinajstić information content (AvgIpc) is 2.78. The van der Waals surface area contributed by atoms with Crippen molar-refractivity contribution in [1.82, 2.24) is 5.32 Å². The molecule has 0 aromatic heterocycles. The number of hydrogen-bond donors (Lipinski definition) is 1. The summed E-state index contributed by atoms with van der Waals surface area (Å²) in [4.78, 5) is 39.0. The first-order valence-electron chi connectivity index (χ1n) is 10.3. The van der Waals surface area contributed by atoms with Crippen molar-refractivity contribution in [3.63, 3.8) is 0 Å². The molecule has 0 bridgehead atoms. The first-order chi connectivity index (χ1) is 16.5. The predicted octanol–water partition coefficient (Wildman–Crippen LogP) is 4.50. The summed E-state index contributed by atoms with van der Waals surface area (Å²) < 4.78 is 31.6. The molecule has 0 spiro atoms. The molecule has 1 fully saturated rings. The van der Waals surface area contributed by atoms with Crippen molar-refractivity contribution in [1.29, 1.82) is 0 Å². The van der Waals surface area contributed by atoms with E-state index in [1.807, 2.05) is 6.92 Å². The largest absolute Gasteiger partial charge is 0.378 e. The molecule has 8 nitrogen and oxygen atoms in total. The zero-order chi connectivity index (χ0) is 25.3. The number of amides is 4. The maximum absolute atomic E-state index is 13.2. The highest BCUT2D eigenvalue weighted by Crippen LogP contribution is 2.30. The lowest BCUT2D eigenvalue weighted by Gasteiger charge is -2.26. The summed E-state index contributed by atoms with van der Waals surface area (Å²) in [6, 6.07) is 16.4. The van der Waals surface area contributed by atoms with E-state index in [1.165, 1.54) is 30.3 Å². The third kappa shape index (κ3) is 5.18. The SMILES string of the molecule is Cc1ccc(S(=O)(=O)Oc2ccc(Br)cc2/C=C2\C(=O)NC(=O)N(c3cccc(C)c3)C2=O)cc1. The highest BCUT2D eigenvalue weighted by atomic mass is 79.9. The Hall–Kier alpha value is -3.76. The highest BCUT2D eigenvalue weighted by molar-refractivity contribution is 9.10. The number of aryl methyl sites for hydroxylation is 2.